The van der Waals surface area contributed by atoms with E-state index in [2.05, 4.69) is 44.8 Å². The Morgan fingerprint density at radius 2 is 1.90 bits per heavy atom. The number of hydrogen-bond donors (Lipinski definition) is 1. The van der Waals surface area contributed by atoms with Gasteiger partial charge in [0.25, 0.3) is 0 Å². The van der Waals surface area contributed by atoms with Crippen molar-refractivity contribution in [1.29, 1.82) is 0 Å². The minimum Gasteiger partial charge on any atom is -0.378 e. The van der Waals surface area contributed by atoms with Gasteiger partial charge in [0.05, 0.1) is 12.3 Å². The summed E-state index contributed by atoms with van der Waals surface area (Å²) >= 11 is 1.81. The van der Waals surface area contributed by atoms with Crippen LogP contribution in [0.5, 0.6) is 0 Å². The quantitative estimate of drug-likeness (QED) is 0.905. The number of rotatable bonds is 5. The molecule has 21 heavy (non-hydrogen) atoms. The van der Waals surface area contributed by atoms with Crippen LogP contribution < -0.4 is 10.2 Å². The maximum Gasteiger partial charge on any atom is 0.185 e. The van der Waals surface area contributed by atoms with Gasteiger partial charge in [0.2, 0.25) is 0 Å². The molecule has 1 aliphatic rings. The van der Waals surface area contributed by atoms with Crippen LogP contribution in [0.15, 0.2) is 0 Å². The molecule has 0 amide bonds. The van der Waals surface area contributed by atoms with Crippen molar-refractivity contribution in [2.75, 3.05) is 25.1 Å². The highest BCUT2D eigenvalue weighted by Gasteiger charge is 2.28. The zero-order chi connectivity index (χ0) is 15.6. The zero-order valence-electron chi connectivity index (χ0n) is 14.2. The van der Waals surface area contributed by atoms with E-state index in [0.29, 0.717) is 6.61 Å². The largest absolute Gasteiger partial charge is 0.378 e. The summed E-state index contributed by atoms with van der Waals surface area (Å²) in [7, 11) is 1.74. The van der Waals surface area contributed by atoms with Crippen LogP contribution >= 0.6 is 11.3 Å². The zero-order valence-corrected chi connectivity index (χ0v) is 15.0. The van der Waals surface area contributed by atoms with Crippen LogP contribution in [0.1, 0.15) is 45.2 Å². The van der Waals surface area contributed by atoms with Gasteiger partial charge in [-0.3, -0.25) is 0 Å². The average molecular weight is 311 g/mol. The van der Waals surface area contributed by atoms with Crippen LogP contribution in [0, 0.1) is 11.8 Å². The lowest BCUT2D eigenvalue weighted by Crippen LogP contribution is -2.35. The van der Waals surface area contributed by atoms with Gasteiger partial charge in [0.1, 0.15) is 0 Å². The lowest BCUT2D eigenvalue weighted by molar-refractivity contribution is 0.181. The highest BCUT2D eigenvalue weighted by molar-refractivity contribution is 7.15. The molecule has 1 aromatic rings. The maximum absolute atomic E-state index is 5.32. The lowest BCUT2D eigenvalue weighted by Gasteiger charge is -2.20. The van der Waals surface area contributed by atoms with Gasteiger partial charge >= 0.3 is 0 Å². The standard InChI is InChI=1S/C16H29N3OS/c1-11-8-19(9-12(11)2)15-18-13(10-20-6)14(21-15)7-17-16(3,4)5/h11-12,17H,7-10H2,1-6H3. The summed E-state index contributed by atoms with van der Waals surface area (Å²) in [5.74, 6) is 1.49. The van der Waals surface area contributed by atoms with Crippen molar-refractivity contribution in [3.8, 4) is 0 Å². The molecule has 0 bridgehead atoms. The van der Waals surface area contributed by atoms with Crippen molar-refractivity contribution in [2.24, 2.45) is 11.8 Å². The highest BCUT2D eigenvalue weighted by Crippen LogP contribution is 2.33. The number of anilines is 1. The molecular weight excluding hydrogens is 282 g/mol. The second-order valence-corrected chi connectivity index (χ2v) is 8.32. The monoisotopic (exact) mass is 311 g/mol. The van der Waals surface area contributed by atoms with Crippen LogP contribution in [0.4, 0.5) is 5.13 Å². The molecule has 1 aromatic heterocycles. The predicted molar refractivity (Wildman–Crippen MR) is 90.0 cm³/mol. The minimum atomic E-state index is 0.116. The molecule has 1 N–H and O–H groups in total. The highest BCUT2D eigenvalue weighted by atomic mass is 32.1. The molecule has 0 radical (unpaired) electrons. The Kier molecular flexibility index (Phi) is 5.28. The molecule has 2 rings (SSSR count). The summed E-state index contributed by atoms with van der Waals surface area (Å²) in [6, 6.07) is 0. The topological polar surface area (TPSA) is 37.4 Å². The normalized spacial score (nSPS) is 23.0. The van der Waals surface area contributed by atoms with E-state index in [1.54, 1.807) is 7.11 Å². The van der Waals surface area contributed by atoms with Gasteiger partial charge < -0.3 is 15.0 Å². The van der Waals surface area contributed by atoms with Crippen molar-refractivity contribution in [1.82, 2.24) is 10.3 Å². The maximum atomic E-state index is 5.32. The summed E-state index contributed by atoms with van der Waals surface area (Å²) in [6.07, 6.45) is 0. The van der Waals surface area contributed by atoms with E-state index in [-0.39, 0.29) is 5.54 Å². The van der Waals surface area contributed by atoms with E-state index < -0.39 is 0 Å². The molecule has 0 aromatic carbocycles. The van der Waals surface area contributed by atoms with Gasteiger partial charge in [0, 0.05) is 37.2 Å². The van der Waals surface area contributed by atoms with Gasteiger partial charge in [-0.15, -0.1) is 11.3 Å². The smallest absolute Gasteiger partial charge is 0.185 e. The molecule has 1 aliphatic heterocycles. The van der Waals surface area contributed by atoms with Crippen LogP contribution in [0.3, 0.4) is 0 Å². The molecule has 0 aliphatic carbocycles. The molecule has 2 unspecified atom stereocenters. The van der Waals surface area contributed by atoms with Crippen LogP contribution in [-0.2, 0) is 17.9 Å². The number of thiazole rings is 1. The fourth-order valence-electron chi connectivity index (χ4n) is 2.52. The number of methoxy groups -OCH3 is 1. The first kappa shape index (κ1) is 16.7. The summed E-state index contributed by atoms with van der Waals surface area (Å²) in [5, 5.41) is 4.71. The molecule has 2 atom stereocenters. The molecule has 120 valence electrons. The first-order valence-electron chi connectivity index (χ1n) is 7.77. The Labute approximate surface area is 132 Å². The second-order valence-electron chi connectivity index (χ2n) is 7.26. The first-order chi connectivity index (χ1) is 9.80. The van der Waals surface area contributed by atoms with Gasteiger partial charge in [-0.2, -0.15) is 0 Å². The summed E-state index contributed by atoms with van der Waals surface area (Å²) < 4.78 is 5.32. The Morgan fingerprint density at radius 3 is 2.43 bits per heavy atom. The van der Waals surface area contributed by atoms with Crippen molar-refractivity contribution in [2.45, 2.75) is 53.3 Å². The van der Waals surface area contributed by atoms with Gasteiger partial charge in [0.15, 0.2) is 5.13 Å². The van der Waals surface area contributed by atoms with E-state index in [0.717, 1.165) is 42.3 Å². The van der Waals surface area contributed by atoms with E-state index >= 15 is 0 Å². The average Bonchev–Trinajstić information content (AvgIpc) is 2.92. The molecule has 4 nitrogen and oxygen atoms in total. The van der Waals surface area contributed by atoms with Crippen molar-refractivity contribution >= 4 is 16.5 Å². The third-order valence-corrected chi connectivity index (χ3v) is 5.24. The van der Waals surface area contributed by atoms with E-state index in [1.807, 2.05) is 11.3 Å². The Hall–Kier alpha value is -0.650. The second kappa shape index (κ2) is 6.63. The number of aromatic nitrogens is 1. The van der Waals surface area contributed by atoms with Crippen LogP contribution in [0.2, 0.25) is 0 Å². The fourth-order valence-corrected chi connectivity index (χ4v) is 3.55. The van der Waals surface area contributed by atoms with Crippen molar-refractivity contribution in [3.63, 3.8) is 0 Å². The summed E-state index contributed by atoms with van der Waals surface area (Å²) in [4.78, 5) is 8.56. The molecule has 0 saturated carbocycles. The third-order valence-electron chi connectivity index (χ3n) is 4.09. The molecule has 1 saturated heterocycles. The Bertz CT molecular complexity index is 457. The third kappa shape index (κ3) is 4.41. The van der Waals surface area contributed by atoms with Crippen LogP contribution in [0.25, 0.3) is 0 Å². The molecule has 1 fully saturated rings. The molecule has 5 heteroatoms. The van der Waals surface area contributed by atoms with Crippen LogP contribution in [-0.4, -0.2) is 30.7 Å². The molecule has 2 heterocycles. The van der Waals surface area contributed by atoms with Crippen molar-refractivity contribution < 1.29 is 4.74 Å². The van der Waals surface area contributed by atoms with E-state index in [9.17, 15) is 0 Å². The van der Waals surface area contributed by atoms with Gasteiger partial charge in [-0.1, -0.05) is 13.8 Å². The van der Waals surface area contributed by atoms with E-state index in [1.165, 1.54) is 4.88 Å². The van der Waals surface area contributed by atoms with Gasteiger partial charge in [-0.05, 0) is 32.6 Å². The molecular formula is C16H29N3OS. The molecule has 0 spiro atoms. The summed E-state index contributed by atoms with van der Waals surface area (Å²) in [5.41, 5.74) is 1.20. The first-order valence-corrected chi connectivity index (χ1v) is 8.59. The predicted octanol–water partition coefficient (Wildman–Crippen LogP) is 3.27. The van der Waals surface area contributed by atoms with E-state index in [4.69, 9.17) is 9.72 Å². The number of ether oxygens (including phenoxy) is 1. The number of nitrogens with one attached hydrogen (secondary N) is 1. The number of nitrogens with zero attached hydrogens (tertiary/aromatic N) is 2. The fraction of sp³-hybridized carbons (Fsp3) is 0.812. The summed E-state index contributed by atoms with van der Waals surface area (Å²) in [6.45, 7) is 14.9. The Balaban J connectivity index is 2.13. The van der Waals surface area contributed by atoms with Crippen molar-refractivity contribution in [3.05, 3.63) is 10.6 Å². The SMILES string of the molecule is COCc1nc(N2CC(C)C(C)C2)sc1CNC(C)(C)C. The minimum absolute atomic E-state index is 0.116. The Morgan fingerprint density at radius 1 is 1.29 bits per heavy atom. The lowest BCUT2D eigenvalue weighted by atomic mass is 10.0. The number of hydrogen-bond acceptors (Lipinski definition) is 5. The van der Waals surface area contributed by atoms with Gasteiger partial charge in [-0.25, -0.2) is 4.98 Å².